The molecule has 4 nitrogen and oxygen atoms in total. The highest BCUT2D eigenvalue weighted by molar-refractivity contribution is 5.27. The molecule has 0 aromatic heterocycles. The zero-order chi connectivity index (χ0) is 13.1. The fourth-order valence-corrected chi connectivity index (χ4v) is 2.56. The van der Waals surface area contributed by atoms with Crippen molar-refractivity contribution in [1.82, 2.24) is 4.90 Å². The summed E-state index contributed by atoms with van der Waals surface area (Å²) < 4.78 is 17.0. The second-order valence-corrected chi connectivity index (χ2v) is 5.34. The highest BCUT2D eigenvalue weighted by Gasteiger charge is 2.31. The Bertz CT molecular complexity index is 412. The maximum atomic E-state index is 5.94. The molecule has 2 aliphatic rings. The van der Waals surface area contributed by atoms with Crippen LogP contribution in [0.3, 0.4) is 0 Å². The molecular weight excluding hydrogens is 242 g/mol. The van der Waals surface area contributed by atoms with Gasteiger partial charge in [0.2, 0.25) is 0 Å². The fourth-order valence-electron chi connectivity index (χ4n) is 2.56. The van der Waals surface area contributed by atoms with Crippen LogP contribution in [0.4, 0.5) is 0 Å². The van der Waals surface area contributed by atoms with E-state index in [4.69, 9.17) is 14.2 Å². The summed E-state index contributed by atoms with van der Waals surface area (Å²) >= 11 is 0. The molecule has 104 valence electrons. The maximum absolute atomic E-state index is 5.94. The van der Waals surface area contributed by atoms with E-state index in [1.807, 2.05) is 12.1 Å². The summed E-state index contributed by atoms with van der Waals surface area (Å²) in [5.74, 6) is 0.974. The molecule has 3 rings (SSSR count). The molecule has 1 aromatic carbocycles. The van der Waals surface area contributed by atoms with E-state index in [1.165, 1.54) is 5.56 Å². The number of nitrogens with zero attached hydrogens (tertiary/aromatic N) is 1. The Hall–Kier alpha value is -1.10. The quantitative estimate of drug-likeness (QED) is 0.823. The molecule has 0 saturated carbocycles. The van der Waals surface area contributed by atoms with Crippen LogP contribution in [0.5, 0.6) is 5.75 Å². The van der Waals surface area contributed by atoms with Gasteiger partial charge in [0.05, 0.1) is 25.9 Å². The van der Waals surface area contributed by atoms with E-state index >= 15 is 0 Å². The van der Waals surface area contributed by atoms with E-state index in [9.17, 15) is 0 Å². The highest BCUT2D eigenvalue weighted by atomic mass is 16.6. The molecule has 19 heavy (non-hydrogen) atoms. The summed E-state index contributed by atoms with van der Waals surface area (Å²) in [5, 5.41) is 0. The van der Waals surface area contributed by atoms with Gasteiger partial charge in [-0.15, -0.1) is 0 Å². The molecule has 2 aliphatic heterocycles. The zero-order valence-electron chi connectivity index (χ0n) is 11.4. The zero-order valence-corrected chi connectivity index (χ0v) is 11.4. The van der Waals surface area contributed by atoms with Crippen molar-refractivity contribution in [1.29, 1.82) is 0 Å². The first-order valence-electron chi connectivity index (χ1n) is 6.94. The van der Waals surface area contributed by atoms with Crippen molar-refractivity contribution < 1.29 is 14.2 Å². The van der Waals surface area contributed by atoms with Crippen LogP contribution in [0.15, 0.2) is 24.3 Å². The first-order valence-corrected chi connectivity index (χ1v) is 6.94. The molecule has 0 amide bonds. The number of hydrogen-bond acceptors (Lipinski definition) is 4. The fraction of sp³-hybridized carbons (Fsp3) is 0.600. The molecule has 2 saturated heterocycles. The smallest absolute Gasteiger partial charge is 0.124 e. The first kappa shape index (κ1) is 12.9. The lowest BCUT2D eigenvalue weighted by molar-refractivity contribution is -0.111. The normalized spacial score (nSPS) is 25.0. The lowest BCUT2D eigenvalue weighted by Gasteiger charge is -2.41. The summed E-state index contributed by atoms with van der Waals surface area (Å²) in [7, 11) is 0. The SMILES string of the molecule is Cc1cccc(OC2CN(CC3COCCO3)C2)c1. The van der Waals surface area contributed by atoms with Gasteiger partial charge >= 0.3 is 0 Å². The molecule has 4 heteroatoms. The Morgan fingerprint density at radius 2 is 2.21 bits per heavy atom. The van der Waals surface area contributed by atoms with Crippen LogP contribution < -0.4 is 4.74 Å². The minimum Gasteiger partial charge on any atom is -0.488 e. The molecule has 1 aromatic rings. The van der Waals surface area contributed by atoms with Crippen LogP contribution in [-0.2, 0) is 9.47 Å². The van der Waals surface area contributed by atoms with Gasteiger partial charge in [-0.2, -0.15) is 0 Å². The standard InChI is InChI=1S/C15H21NO3/c1-12-3-2-4-13(7-12)19-14-8-16(9-14)10-15-11-17-5-6-18-15/h2-4,7,14-15H,5-6,8-11H2,1H3. The second kappa shape index (κ2) is 5.90. The Morgan fingerprint density at radius 1 is 1.32 bits per heavy atom. The number of aryl methyl sites for hydroxylation is 1. The second-order valence-electron chi connectivity index (χ2n) is 5.34. The topological polar surface area (TPSA) is 30.9 Å². The van der Waals surface area contributed by atoms with Crippen molar-refractivity contribution >= 4 is 0 Å². The van der Waals surface area contributed by atoms with E-state index in [2.05, 4.69) is 24.0 Å². The van der Waals surface area contributed by atoms with E-state index in [0.717, 1.165) is 45.2 Å². The average Bonchev–Trinajstić information content (AvgIpc) is 2.37. The predicted octanol–water partition coefficient (Wildman–Crippen LogP) is 1.47. The Balaban J connectivity index is 1.40. The summed E-state index contributed by atoms with van der Waals surface area (Å²) in [5.41, 5.74) is 1.24. The Labute approximate surface area is 114 Å². The van der Waals surface area contributed by atoms with Gasteiger partial charge in [0, 0.05) is 19.6 Å². The van der Waals surface area contributed by atoms with Gasteiger partial charge in [-0.05, 0) is 24.6 Å². The van der Waals surface area contributed by atoms with Crippen LogP contribution in [-0.4, -0.2) is 56.6 Å². The molecule has 1 unspecified atom stereocenters. The highest BCUT2D eigenvalue weighted by Crippen LogP contribution is 2.19. The van der Waals surface area contributed by atoms with E-state index in [-0.39, 0.29) is 6.10 Å². The van der Waals surface area contributed by atoms with Gasteiger partial charge < -0.3 is 14.2 Å². The number of rotatable bonds is 4. The van der Waals surface area contributed by atoms with E-state index in [1.54, 1.807) is 0 Å². The van der Waals surface area contributed by atoms with Crippen LogP contribution in [0, 0.1) is 6.92 Å². The minimum absolute atomic E-state index is 0.230. The molecule has 0 aliphatic carbocycles. The largest absolute Gasteiger partial charge is 0.488 e. The van der Waals surface area contributed by atoms with E-state index < -0.39 is 0 Å². The predicted molar refractivity (Wildman–Crippen MR) is 72.6 cm³/mol. The lowest BCUT2D eigenvalue weighted by atomic mass is 10.1. The first-order chi connectivity index (χ1) is 9.29. The van der Waals surface area contributed by atoms with Crippen LogP contribution in [0.2, 0.25) is 0 Å². The molecule has 0 radical (unpaired) electrons. The maximum Gasteiger partial charge on any atom is 0.124 e. The van der Waals surface area contributed by atoms with Gasteiger partial charge in [-0.25, -0.2) is 0 Å². The van der Waals surface area contributed by atoms with Crippen molar-refractivity contribution in [2.45, 2.75) is 19.1 Å². The molecule has 2 heterocycles. The summed E-state index contributed by atoms with van der Waals surface area (Å²) in [6.45, 7) is 7.17. The van der Waals surface area contributed by atoms with Crippen LogP contribution >= 0.6 is 0 Å². The van der Waals surface area contributed by atoms with Crippen molar-refractivity contribution in [3.8, 4) is 5.75 Å². The number of hydrogen-bond donors (Lipinski definition) is 0. The summed E-state index contributed by atoms with van der Waals surface area (Å²) in [6.07, 6.45) is 0.542. The van der Waals surface area contributed by atoms with Crippen molar-refractivity contribution in [3.05, 3.63) is 29.8 Å². The van der Waals surface area contributed by atoms with Gasteiger partial charge in [0.1, 0.15) is 11.9 Å². The monoisotopic (exact) mass is 263 g/mol. The van der Waals surface area contributed by atoms with Gasteiger partial charge in [-0.1, -0.05) is 12.1 Å². The van der Waals surface area contributed by atoms with Crippen molar-refractivity contribution in [3.63, 3.8) is 0 Å². The van der Waals surface area contributed by atoms with Crippen molar-refractivity contribution in [2.24, 2.45) is 0 Å². The lowest BCUT2D eigenvalue weighted by Crippen LogP contribution is -2.56. The van der Waals surface area contributed by atoms with Gasteiger partial charge in [0.25, 0.3) is 0 Å². The number of benzene rings is 1. The third-order valence-electron chi connectivity index (χ3n) is 3.56. The third-order valence-corrected chi connectivity index (χ3v) is 3.56. The molecule has 0 spiro atoms. The summed E-state index contributed by atoms with van der Waals surface area (Å²) in [4.78, 5) is 2.36. The van der Waals surface area contributed by atoms with Gasteiger partial charge in [0.15, 0.2) is 0 Å². The van der Waals surface area contributed by atoms with E-state index in [0.29, 0.717) is 6.10 Å². The summed E-state index contributed by atoms with van der Waals surface area (Å²) in [6, 6.07) is 8.23. The molecular formula is C15H21NO3. The van der Waals surface area contributed by atoms with Gasteiger partial charge in [-0.3, -0.25) is 4.90 Å². The van der Waals surface area contributed by atoms with Crippen LogP contribution in [0.25, 0.3) is 0 Å². The third kappa shape index (κ3) is 3.47. The molecule has 1 atom stereocenters. The minimum atomic E-state index is 0.230. The molecule has 0 bridgehead atoms. The Kier molecular flexibility index (Phi) is 4.01. The number of ether oxygens (including phenoxy) is 3. The number of likely N-dealkylation sites (tertiary alicyclic amines) is 1. The average molecular weight is 263 g/mol. The van der Waals surface area contributed by atoms with Crippen molar-refractivity contribution in [2.75, 3.05) is 39.5 Å². The Morgan fingerprint density at radius 3 is 2.95 bits per heavy atom. The van der Waals surface area contributed by atoms with Crippen LogP contribution in [0.1, 0.15) is 5.56 Å². The molecule has 2 fully saturated rings. The molecule has 0 N–H and O–H groups in total.